The molecule has 6 heteroatoms. The van der Waals surface area contributed by atoms with Gasteiger partial charge < -0.3 is 10.0 Å². The number of rotatable bonds is 3. The second-order valence-electron chi connectivity index (χ2n) is 5.45. The van der Waals surface area contributed by atoms with Gasteiger partial charge in [-0.25, -0.2) is 4.98 Å². The Bertz CT molecular complexity index is 726. The van der Waals surface area contributed by atoms with Gasteiger partial charge in [0.05, 0.1) is 5.92 Å². The summed E-state index contributed by atoms with van der Waals surface area (Å²) in [6, 6.07) is 7.36. The number of likely N-dealkylation sites (tertiary alicyclic amines) is 1. The molecule has 0 saturated carbocycles. The van der Waals surface area contributed by atoms with E-state index in [1.54, 1.807) is 22.3 Å². The number of aliphatic carboxylic acids is 1. The molecule has 1 aromatic heterocycles. The molecule has 1 unspecified atom stereocenters. The van der Waals surface area contributed by atoms with Crippen LogP contribution in [0, 0.1) is 12.8 Å². The number of carbonyl (C=O) groups excluding carboxylic acids is 1. The van der Waals surface area contributed by atoms with Crippen molar-refractivity contribution in [1.29, 1.82) is 0 Å². The standard InChI is InChI=1S/C16H16N2O3S/c1-10-9-22-14(17-10)11-3-2-4-12(7-11)15(19)18-6-5-13(8-18)16(20)21/h2-4,7,9,13H,5-6,8H2,1H3,(H,20,21). The van der Waals surface area contributed by atoms with E-state index in [0.717, 1.165) is 16.3 Å². The Balaban J connectivity index is 1.80. The van der Waals surface area contributed by atoms with Crippen molar-refractivity contribution in [3.63, 3.8) is 0 Å². The maximum absolute atomic E-state index is 12.5. The number of nitrogens with zero attached hydrogens (tertiary/aromatic N) is 2. The predicted molar refractivity (Wildman–Crippen MR) is 83.9 cm³/mol. The smallest absolute Gasteiger partial charge is 0.308 e. The number of hydrogen-bond acceptors (Lipinski definition) is 4. The third-order valence-corrected chi connectivity index (χ3v) is 4.81. The van der Waals surface area contributed by atoms with Crippen LogP contribution in [0.4, 0.5) is 0 Å². The quantitative estimate of drug-likeness (QED) is 0.945. The van der Waals surface area contributed by atoms with Gasteiger partial charge in [0.25, 0.3) is 5.91 Å². The highest BCUT2D eigenvalue weighted by molar-refractivity contribution is 7.13. The Kier molecular flexibility index (Phi) is 3.94. The molecule has 22 heavy (non-hydrogen) atoms. The summed E-state index contributed by atoms with van der Waals surface area (Å²) in [6.07, 6.45) is 0.520. The molecule has 1 fully saturated rings. The number of carboxylic acids is 1. The van der Waals surface area contributed by atoms with E-state index in [4.69, 9.17) is 5.11 Å². The van der Waals surface area contributed by atoms with Gasteiger partial charge >= 0.3 is 5.97 Å². The summed E-state index contributed by atoms with van der Waals surface area (Å²) in [5.41, 5.74) is 2.45. The minimum Gasteiger partial charge on any atom is -0.481 e. The second kappa shape index (κ2) is 5.88. The Morgan fingerprint density at radius 2 is 2.23 bits per heavy atom. The zero-order valence-corrected chi connectivity index (χ0v) is 13.0. The number of benzene rings is 1. The van der Waals surface area contributed by atoms with Crippen LogP contribution in [0.15, 0.2) is 29.6 Å². The molecule has 2 heterocycles. The van der Waals surface area contributed by atoms with Crippen LogP contribution in [0.25, 0.3) is 10.6 Å². The summed E-state index contributed by atoms with van der Waals surface area (Å²) in [7, 11) is 0. The van der Waals surface area contributed by atoms with E-state index in [0.29, 0.717) is 18.5 Å². The normalized spacial score (nSPS) is 17.7. The highest BCUT2D eigenvalue weighted by Gasteiger charge is 2.31. The fourth-order valence-electron chi connectivity index (χ4n) is 2.60. The number of hydrogen-bond donors (Lipinski definition) is 1. The van der Waals surface area contributed by atoms with Crippen molar-refractivity contribution in [2.24, 2.45) is 5.92 Å². The number of carbonyl (C=O) groups is 2. The lowest BCUT2D eigenvalue weighted by Gasteiger charge is -2.16. The van der Waals surface area contributed by atoms with Gasteiger partial charge in [-0.2, -0.15) is 0 Å². The van der Waals surface area contributed by atoms with Crippen LogP contribution in [-0.4, -0.2) is 40.0 Å². The van der Waals surface area contributed by atoms with Crippen LogP contribution in [0.5, 0.6) is 0 Å². The van der Waals surface area contributed by atoms with E-state index < -0.39 is 11.9 Å². The van der Waals surface area contributed by atoms with E-state index in [-0.39, 0.29) is 12.5 Å². The molecule has 0 radical (unpaired) electrons. The summed E-state index contributed by atoms with van der Waals surface area (Å²) in [5, 5.41) is 11.9. The van der Waals surface area contributed by atoms with E-state index in [2.05, 4.69) is 4.98 Å². The first-order valence-corrected chi connectivity index (χ1v) is 7.97. The zero-order valence-electron chi connectivity index (χ0n) is 12.2. The van der Waals surface area contributed by atoms with Crippen molar-refractivity contribution in [2.75, 3.05) is 13.1 Å². The molecule has 1 atom stereocenters. The SMILES string of the molecule is Cc1csc(-c2cccc(C(=O)N3CCC(C(=O)O)C3)c2)n1. The number of amides is 1. The number of aromatic nitrogens is 1. The Morgan fingerprint density at radius 3 is 2.86 bits per heavy atom. The van der Waals surface area contributed by atoms with Gasteiger partial charge in [-0.15, -0.1) is 11.3 Å². The summed E-state index contributed by atoms with van der Waals surface area (Å²) in [4.78, 5) is 29.6. The van der Waals surface area contributed by atoms with Crippen molar-refractivity contribution in [3.05, 3.63) is 40.9 Å². The van der Waals surface area contributed by atoms with E-state index in [9.17, 15) is 9.59 Å². The molecule has 1 aliphatic heterocycles. The van der Waals surface area contributed by atoms with Crippen LogP contribution in [-0.2, 0) is 4.79 Å². The molecule has 114 valence electrons. The topological polar surface area (TPSA) is 70.5 Å². The molecule has 1 N–H and O–H groups in total. The Morgan fingerprint density at radius 1 is 1.41 bits per heavy atom. The molecule has 1 amide bonds. The van der Waals surface area contributed by atoms with Crippen LogP contribution in [0.1, 0.15) is 22.5 Å². The largest absolute Gasteiger partial charge is 0.481 e. The second-order valence-corrected chi connectivity index (χ2v) is 6.31. The van der Waals surface area contributed by atoms with Crippen LogP contribution < -0.4 is 0 Å². The zero-order chi connectivity index (χ0) is 15.7. The summed E-state index contributed by atoms with van der Waals surface area (Å²) >= 11 is 1.55. The van der Waals surface area contributed by atoms with Crippen LogP contribution in [0.3, 0.4) is 0 Å². The molecule has 0 bridgehead atoms. The minimum absolute atomic E-state index is 0.112. The van der Waals surface area contributed by atoms with Gasteiger partial charge in [0.1, 0.15) is 5.01 Å². The lowest BCUT2D eigenvalue weighted by atomic mass is 10.1. The first-order chi connectivity index (χ1) is 10.5. The summed E-state index contributed by atoms with van der Waals surface area (Å²) < 4.78 is 0. The monoisotopic (exact) mass is 316 g/mol. The van der Waals surface area contributed by atoms with Gasteiger partial charge in [-0.1, -0.05) is 12.1 Å². The molecule has 1 saturated heterocycles. The Hall–Kier alpha value is -2.21. The van der Waals surface area contributed by atoms with Gasteiger partial charge in [-0.05, 0) is 25.5 Å². The number of thiazole rings is 1. The highest BCUT2D eigenvalue weighted by Crippen LogP contribution is 2.25. The van der Waals surface area contributed by atoms with Gasteiger partial charge in [0.15, 0.2) is 0 Å². The lowest BCUT2D eigenvalue weighted by Crippen LogP contribution is -2.29. The highest BCUT2D eigenvalue weighted by atomic mass is 32.1. The summed E-state index contributed by atoms with van der Waals surface area (Å²) in [5.74, 6) is -1.39. The van der Waals surface area contributed by atoms with Crippen molar-refractivity contribution in [3.8, 4) is 10.6 Å². The van der Waals surface area contributed by atoms with Crippen molar-refractivity contribution < 1.29 is 14.7 Å². The first kappa shape index (κ1) is 14.7. The van der Waals surface area contributed by atoms with E-state index in [1.165, 1.54) is 0 Å². The maximum Gasteiger partial charge on any atom is 0.308 e. The molecule has 3 rings (SSSR count). The molecule has 0 spiro atoms. The third-order valence-electron chi connectivity index (χ3n) is 3.80. The van der Waals surface area contributed by atoms with Crippen molar-refractivity contribution in [2.45, 2.75) is 13.3 Å². The summed E-state index contributed by atoms with van der Waals surface area (Å²) in [6.45, 7) is 2.72. The fourth-order valence-corrected chi connectivity index (χ4v) is 3.40. The average Bonchev–Trinajstić information content (AvgIpc) is 3.15. The molecule has 1 aromatic carbocycles. The average molecular weight is 316 g/mol. The third kappa shape index (κ3) is 2.87. The van der Waals surface area contributed by atoms with Crippen LogP contribution in [0.2, 0.25) is 0 Å². The molecular formula is C16H16N2O3S. The van der Waals surface area contributed by atoms with Gasteiger partial charge in [0.2, 0.25) is 0 Å². The molecule has 0 aliphatic carbocycles. The fraction of sp³-hybridized carbons (Fsp3) is 0.312. The maximum atomic E-state index is 12.5. The number of aryl methyl sites for hydroxylation is 1. The van der Waals surface area contributed by atoms with Crippen molar-refractivity contribution >= 4 is 23.2 Å². The number of carboxylic acid groups (broad SMARTS) is 1. The minimum atomic E-state index is -0.831. The van der Waals surface area contributed by atoms with E-state index >= 15 is 0 Å². The lowest BCUT2D eigenvalue weighted by molar-refractivity contribution is -0.141. The molecule has 5 nitrogen and oxygen atoms in total. The van der Waals surface area contributed by atoms with Gasteiger partial charge in [-0.3, -0.25) is 9.59 Å². The van der Waals surface area contributed by atoms with Gasteiger partial charge in [0, 0.05) is 35.3 Å². The predicted octanol–water partition coefficient (Wildman–Crippen LogP) is 2.67. The van der Waals surface area contributed by atoms with Crippen LogP contribution >= 0.6 is 11.3 Å². The molecule has 1 aliphatic rings. The molecule has 2 aromatic rings. The van der Waals surface area contributed by atoms with Crippen molar-refractivity contribution in [1.82, 2.24) is 9.88 Å². The van der Waals surface area contributed by atoms with E-state index in [1.807, 2.05) is 30.5 Å². The molecular weight excluding hydrogens is 300 g/mol. The first-order valence-electron chi connectivity index (χ1n) is 7.09. The Labute approximate surface area is 132 Å².